The first-order chi connectivity index (χ1) is 14.4. The number of amides is 4. The van der Waals surface area contributed by atoms with Gasteiger partial charge >= 0.3 is 6.03 Å². The van der Waals surface area contributed by atoms with E-state index in [0.717, 1.165) is 58.4 Å². The van der Waals surface area contributed by atoms with Gasteiger partial charge in [-0.2, -0.15) is 5.10 Å². The lowest BCUT2D eigenvalue weighted by atomic mass is 9.66. The summed E-state index contributed by atoms with van der Waals surface area (Å²) in [4.78, 5) is 43.9. The van der Waals surface area contributed by atoms with Crippen molar-refractivity contribution in [1.82, 2.24) is 19.6 Å². The van der Waals surface area contributed by atoms with Crippen LogP contribution in [0.15, 0.2) is 30.3 Å². The van der Waals surface area contributed by atoms with E-state index in [2.05, 4.69) is 4.90 Å². The number of fused-ring (bicyclic) bond motifs is 4. The van der Waals surface area contributed by atoms with Gasteiger partial charge in [0.2, 0.25) is 11.8 Å². The number of hydrogen-bond donors (Lipinski definition) is 0. The first kappa shape index (κ1) is 18.8. The SMILES string of the molecule is Cc1nn(-c2ccccc2)c2c1CC1(C(=O)N(C)C(=O)N(C)C1=O)[C@H]1CCCCN21. The fourth-order valence-electron chi connectivity index (χ4n) is 5.42. The number of barbiturate groups is 1. The molecule has 3 aliphatic heterocycles. The summed E-state index contributed by atoms with van der Waals surface area (Å²) < 4.78 is 1.94. The maximum absolute atomic E-state index is 13.5. The fraction of sp³-hybridized carbons (Fsp3) is 0.455. The molecule has 5 rings (SSSR count). The lowest BCUT2D eigenvalue weighted by Gasteiger charge is -2.53. The lowest BCUT2D eigenvalue weighted by molar-refractivity contribution is -0.159. The zero-order chi connectivity index (χ0) is 21.2. The summed E-state index contributed by atoms with van der Waals surface area (Å²) >= 11 is 0. The van der Waals surface area contributed by atoms with Crippen molar-refractivity contribution >= 4 is 23.7 Å². The van der Waals surface area contributed by atoms with Crippen LogP contribution in [0.5, 0.6) is 0 Å². The highest BCUT2D eigenvalue weighted by Gasteiger charge is 2.64. The van der Waals surface area contributed by atoms with Gasteiger partial charge in [-0.05, 0) is 38.3 Å². The molecule has 1 aromatic heterocycles. The highest BCUT2D eigenvalue weighted by Crippen LogP contribution is 2.49. The van der Waals surface area contributed by atoms with Crippen LogP contribution >= 0.6 is 0 Å². The molecule has 2 saturated heterocycles. The smallest absolute Gasteiger partial charge is 0.332 e. The third-order valence-electron chi connectivity index (χ3n) is 6.90. The number of piperidine rings is 1. The number of nitrogens with zero attached hydrogens (tertiary/aromatic N) is 5. The number of hydrogen-bond acceptors (Lipinski definition) is 5. The summed E-state index contributed by atoms with van der Waals surface area (Å²) in [6, 6.07) is 9.06. The maximum atomic E-state index is 13.5. The number of carbonyl (C=O) groups excluding carboxylic acids is 3. The summed E-state index contributed by atoms with van der Waals surface area (Å²) in [5, 5.41) is 4.79. The molecule has 8 nitrogen and oxygen atoms in total. The largest absolute Gasteiger partial charge is 0.352 e. The summed E-state index contributed by atoms with van der Waals surface area (Å²) in [5.74, 6) is 0.173. The Labute approximate surface area is 175 Å². The highest BCUT2D eigenvalue weighted by atomic mass is 16.2. The molecule has 30 heavy (non-hydrogen) atoms. The Morgan fingerprint density at radius 2 is 1.67 bits per heavy atom. The number of aromatic nitrogens is 2. The van der Waals surface area contributed by atoms with E-state index in [9.17, 15) is 14.4 Å². The van der Waals surface area contributed by atoms with Crippen LogP contribution < -0.4 is 4.90 Å². The topological polar surface area (TPSA) is 78.8 Å². The molecule has 0 bridgehead atoms. The number of anilines is 1. The minimum absolute atomic E-state index is 0.266. The number of rotatable bonds is 1. The first-order valence-electron chi connectivity index (χ1n) is 10.4. The minimum Gasteiger partial charge on any atom is -0.352 e. The van der Waals surface area contributed by atoms with Crippen molar-refractivity contribution in [3.8, 4) is 5.69 Å². The Bertz CT molecular complexity index is 1040. The zero-order valence-electron chi connectivity index (χ0n) is 17.5. The molecule has 0 radical (unpaired) electrons. The zero-order valence-corrected chi connectivity index (χ0v) is 17.5. The van der Waals surface area contributed by atoms with E-state index in [0.29, 0.717) is 0 Å². The maximum Gasteiger partial charge on any atom is 0.332 e. The number of aryl methyl sites for hydroxylation is 1. The quantitative estimate of drug-likeness (QED) is 0.677. The van der Waals surface area contributed by atoms with Crippen LogP contribution in [0.1, 0.15) is 30.5 Å². The van der Waals surface area contributed by atoms with Crippen molar-refractivity contribution in [2.45, 2.75) is 38.6 Å². The fourth-order valence-corrected chi connectivity index (χ4v) is 5.42. The van der Waals surface area contributed by atoms with Gasteiger partial charge in [-0.3, -0.25) is 19.4 Å². The average molecular weight is 407 g/mol. The molecule has 8 heteroatoms. The van der Waals surface area contributed by atoms with Crippen molar-refractivity contribution in [3.63, 3.8) is 0 Å². The van der Waals surface area contributed by atoms with Gasteiger partial charge in [-0.1, -0.05) is 18.2 Å². The van der Waals surface area contributed by atoms with Crippen molar-refractivity contribution in [2.24, 2.45) is 5.41 Å². The molecule has 1 spiro atoms. The Kier molecular flexibility index (Phi) is 4.03. The van der Waals surface area contributed by atoms with Crippen LogP contribution in [0.25, 0.3) is 5.69 Å². The molecule has 3 aliphatic rings. The van der Waals surface area contributed by atoms with E-state index in [1.165, 1.54) is 14.1 Å². The molecule has 4 heterocycles. The highest BCUT2D eigenvalue weighted by molar-refractivity contribution is 6.20. The van der Waals surface area contributed by atoms with E-state index in [-0.39, 0.29) is 12.5 Å². The molecule has 0 N–H and O–H groups in total. The predicted molar refractivity (Wildman–Crippen MR) is 110 cm³/mol. The van der Waals surface area contributed by atoms with Crippen LogP contribution in [0.3, 0.4) is 0 Å². The van der Waals surface area contributed by atoms with E-state index in [1.54, 1.807) is 0 Å². The van der Waals surface area contributed by atoms with Crippen LogP contribution in [-0.2, 0) is 16.0 Å². The average Bonchev–Trinajstić information content (AvgIpc) is 3.12. The van der Waals surface area contributed by atoms with E-state index in [1.807, 2.05) is 41.9 Å². The summed E-state index contributed by atoms with van der Waals surface area (Å²) in [7, 11) is 2.94. The standard InChI is InChI=1S/C22H25N5O3/c1-14-16-13-22(19(28)24(2)21(30)25(3)20(22)29)17-11-7-8-12-26(17)18(16)27(23-14)15-9-5-4-6-10-15/h4-6,9-10,17H,7-8,11-13H2,1-3H3/t17-/m1/s1. The van der Waals surface area contributed by atoms with Gasteiger partial charge in [0.25, 0.3) is 0 Å². The normalized spacial score (nSPS) is 23.1. The van der Waals surface area contributed by atoms with Gasteiger partial charge in [-0.25, -0.2) is 9.48 Å². The summed E-state index contributed by atoms with van der Waals surface area (Å²) in [5.41, 5.74) is 1.38. The van der Waals surface area contributed by atoms with E-state index >= 15 is 0 Å². The Hall–Kier alpha value is -3.16. The molecule has 156 valence electrons. The molecular weight excluding hydrogens is 382 g/mol. The second kappa shape index (κ2) is 6.42. The van der Waals surface area contributed by atoms with Gasteiger partial charge in [0.1, 0.15) is 5.82 Å². The monoisotopic (exact) mass is 407 g/mol. The van der Waals surface area contributed by atoms with Gasteiger partial charge in [0, 0.05) is 32.6 Å². The predicted octanol–water partition coefficient (Wildman–Crippen LogP) is 2.13. The molecule has 0 saturated carbocycles. The molecule has 1 atom stereocenters. The number of benzene rings is 1. The van der Waals surface area contributed by atoms with E-state index < -0.39 is 23.3 Å². The van der Waals surface area contributed by atoms with E-state index in [4.69, 9.17) is 5.10 Å². The molecule has 0 unspecified atom stereocenters. The Morgan fingerprint density at radius 3 is 2.33 bits per heavy atom. The molecule has 0 aliphatic carbocycles. The lowest BCUT2D eigenvalue weighted by Crippen LogP contribution is -2.72. The van der Waals surface area contributed by atoms with Gasteiger partial charge in [0.05, 0.1) is 17.4 Å². The van der Waals surface area contributed by atoms with Gasteiger partial charge < -0.3 is 4.90 Å². The summed E-state index contributed by atoms with van der Waals surface area (Å²) in [6.45, 7) is 2.67. The van der Waals surface area contributed by atoms with Gasteiger partial charge in [0.15, 0.2) is 5.41 Å². The van der Waals surface area contributed by atoms with Crippen LogP contribution in [0.2, 0.25) is 0 Å². The van der Waals surface area contributed by atoms with Crippen molar-refractivity contribution in [1.29, 1.82) is 0 Å². The van der Waals surface area contributed by atoms with Crippen molar-refractivity contribution in [3.05, 3.63) is 41.6 Å². The third kappa shape index (κ3) is 2.27. The number of urea groups is 1. The molecule has 2 aromatic rings. The second-order valence-corrected chi connectivity index (χ2v) is 8.50. The van der Waals surface area contributed by atoms with Crippen LogP contribution in [-0.4, -0.2) is 64.1 Å². The molecule has 4 amide bonds. The Morgan fingerprint density at radius 1 is 1.00 bits per heavy atom. The number of para-hydroxylation sites is 1. The number of carbonyl (C=O) groups is 3. The molecule has 2 fully saturated rings. The third-order valence-corrected chi connectivity index (χ3v) is 6.90. The number of imide groups is 2. The van der Waals surface area contributed by atoms with Crippen molar-refractivity contribution in [2.75, 3.05) is 25.5 Å². The van der Waals surface area contributed by atoms with Gasteiger partial charge in [-0.15, -0.1) is 0 Å². The summed E-state index contributed by atoms with van der Waals surface area (Å²) in [6.07, 6.45) is 2.92. The van der Waals surface area contributed by atoms with Crippen molar-refractivity contribution < 1.29 is 14.4 Å². The Balaban J connectivity index is 1.73. The first-order valence-corrected chi connectivity index (χ1v) is 10.4. The molecular formula is C22H25N5O3. The van der Waals surface area contributed by atoms with Crippen LogP contribution in [0.4, 0.5) is 10.6 Å². The second-order valence-electron chi connectivity index (χ2n) is 8.50. The minimum atomic E-state index is -1.29. The molecule has 1 aromatic carbocycles. The van der Waals surface area contributed by atoms with Crippen LogP contribution in [0, 0.1) is 12.3 Å².